The van der Waals surface area contributed by atoms with Crippen LogP contribution in [0, 0.1) is 29.2 Å². The van der Waals surface area contributed by atoms with E-state index in [-0.39, 0.29) is 22.9 Å². The van der Waals surface area contributed by atoms with E-state index in [2.05, 4.69) is 32.9 Å². The number of benzene rings is 5. The Morgan fingerprint density at radius 3 is 1.41 bits per heavy atom. The Morgan fingerprint density at radius 1 is 0.531 bits per heavy atom. The van der Waals surface area contributed by atoms with E-state index in [0.717, 1.165) is 49.3 Å². The molecule has 5 aromatic rings. The number of hydrogen-bond acceptors (Lipinski definition) is 1. The SMILES string of the molecule is CCCc1ccc(-c2cc(F)c(-c3ccc(C4CCC(CCC)C4)cc3)cc2F)cc1.CCCc1ccc(-c2cc(F)c(N)cc2F)cc1. The lowest BCUT2D eigenvalue weighted by atomic mass is 9.92. The largest absolute Gasteiger partial charge is 0.396 e. The molecule has 0 saturated heterocycles. The number of hydrogen-bond donors (Lipinski definition) is 1. The second-order valence-corrected chi connectivity index (χ2v) is 13.3. The molecule has 1 aliphatic rings. The molecule has 0 aliphatic heterocycles. The van der Waals surface area contributed by atoms with Crippen LogP contribution in [-0.2, 0) is 12.8 Å². The number of halogens is 4. The van der Waals surface area contributed by atoms with E-state index in [1.165, 1.54) is 60.9 Å². The molecule has 2 unspecified atom stereocenters. The van der Waals surface area contributed by atoms with Gasteiger partial charge in [-0.15, -0.1) is 0 Å². The third-order valence-corrected chi connectivity index (χ3v) is 9.68. The fourth-order valence-electron chi connectivity index (χ4n) is 7.04. The fraction of sp³-hybridized carbons (Fsp3) is 0.318. The van der Waals surface area contributed by atoms with E-state index in [1.807, 2.05) is 48.5 Å². The molecule has 0 radical (unpaired) electrons. The zero-order chi connectivity index (χ0) is 34.9. The molecule has 5 heteroatoms. The van der Waals surface area contributed by atoms with Crippen LogP contribution in [0.25, 0.3) is 33.4 Å². The van der Waals surface area contributed by atoms with Gasteiger partial charge in [0.15, 0.2) is 0 Å². The van der Waals surface area contributed by atoms with Crippen molar-refractivity contribution in [2.24, 2.45) is 5.92 Å². The van der Waals surface area contributed by atoms with Crippen molar-refractivity contribution in [1.29, 1.82) is 0 Å². The van der Waals surface area contributed by atoms with Crippen molar-refractivity contribution in [3.8, 4) is 33.4 Å². The molecular formula is C44H47F4N. The highest BCUT2D eigenvalue weighted by Gasteiger charge is 2.25. The Kier molecular flexibility index (Phi) is 12.3. The molecule has 0 bridgehead atoms. The zero-order valence-corrected chi connectivity index (χ0v) is 28.8. The lowest BCUT2D eigenvalue weighted by Gasteiger charge is -2.13. The predicted octanol–water partition coefficient (Wildman–Crippen LogP) is 13.1. The van der Waals surface area contributed by atoms with Gasteiger partial charge in [0.1, 0.15) is 23.3 Å². The van der Waals surface area contributed by atoms with Crippen molar-refractivity contribution in [1.82, 2.24) is 0 Å². The first-order chi connectivity index (χ1) is 23.7. The van der Waals surface area contributed by atoms with Crippen LogP contribution in [0.1, 0.15) is 88.3 Å². The average molecular weight is 666 g/mol. The van der Waals surface area contributed by atoms with Gasteiger partial charge in [0.2, 0.25) is 0 Å². The molecule has 0 spiro atoms. The molecule has 1 aliphatic carbocycles. The summed E-state index contributed by atoms with van der Waals surface area (Å²) in [6.07, 6.45) is 10.5. The first kappa shape index (κ1) is 35.9. The van der Waals surface area contributed by atoms with Gasteiger partial charge in [-0.25, -0.2) is 17.6 Å². The van der Waals surface area contributed by atoms with Crippen molar-refractivity contribution < 1.29 is 17.6 Å². The summed E-state index contributed by atoms with van der Waals surface area (Å²) in [7, 11) is 0. The summed E-state index contributed by atoms with van der Waals surface area (Å²) >= 11 is 0. The van der Waals surface area contributed by atoms with Gasteiger partial charge in [0.05, 0.1) is 5.69 Å². The standard InChI is InChI=1S/C29H32F2.C15H15F2N/c1-3-5-20-7-10-23(11-8-20)26-18-29(31)27(19-28(26)30)24-15-13-22(14-16-24)25-12-9-21(17-25)6-4-2;1-2-3-10-4-6-11(7-5-10)12-8-14(17)15(18)9-13(12)16/h7-8,10-11,13-16,18-19,21,25H,3-6,9,12,17H2,1-2H3;4-9H,2-3,18H2,1H3. The van der Waals surface area contributed by atoms with Crippen LogP contribution >= 0.6 is 0 Å². The Bertz CT molecular complexity index is 1810. The van der Waals surface area contributed by atoms with Gasteiger partial charge in [-0.05, 0) is 95.5 Å². The second-order valence-electron chi connectivity index (χ2n) is 13.3. The quantitative estimate of drug-likeness (QED) is 0.117. The highest BCUT2D eigenvalue weighted by molar-refractivity contribution is 5.72. The Hall–Kier alpha value is -4.38. The van der Waals surface area contributed by atoms with Gasteiger partial charge in [-0.1, -0.05) is 119 Å². The molecular weight excluding hydrogens is 618 g/mol. The monoisotopic (exact) mass is 665 g/mol. The minimum Gasteiger partial charge on any atom is -0.396 e. The molecule has 256 valence electrons. The van der Waals surface area contributed by atoms with Crippen molar-refractivity contribution in [3.05, 3.63) is 137 Å². The van der Waals surface area contributed by atoms with E-state index >= 15 is 0 Å². The van der Waals surface area contributed by atoms with Gasteiger partial charge < -0.3 is 5.73 Å². The van der Waals surface area contributed by atoms with Gasteiger partial charge in [0.25, 0.3) is 0 Å². The third-order valence-electron chi connectivity index (χ3n) is 9.68. The third kappa shape index (κ3) is 9.00. The summed E-state index contributed by atoms with van der Waals surface area (Å²) in [5.41, 5.74) is 11.9. The van der Waals surface area contributed by atoms with Crippen LogP contribution in [0.4, 0.5) is 23.2 Å². The molecule has 0 heterocycles. The highest BCUT2D eigenvalue weighted by atomic mass is 19.1. The highest BCUT2D eigenvalue weighted by Crippen LogP contribution is 2.41. The molecule has 1 saturated carbocycles. The van der Waals surface area contributed by atoms with Crippen molar-refractivity contribution in [3.63, 3.8) is 0 Å². The van der Waals surface area contributed by atoms with Crippen molar-refractivity contribution >= 4 is 5.69 Å². The lowest BCUT2D eigenvalue weighted by molar-refractivity contribution is 0.489. The van der Waals surface area contributed by atoms with Crippen LogP contribution in [0.2, 0.25) is 0 Å². The van der Waals surface area contributed by atoms with Gasteiger partial charge in [-0.3, -0.25) is 0 Å². The first-order valence-corrected chi connectivity index (χ1v) is 17.7. The molecule has 5 aromatic carbocycles. The van der Waals surface area contributed by atoms with E-state index in [4.69, 9.17) is 5.73 Å². The van der Waals surface area contributed by atoms with Crippen LogP contribution in [0.15, 0.2) is 97.1 Å². The summed E-state index contributed by atoms with van der Waals surface area (Å²) in [5.74, 6) is -0.427. The maximum atomic E-state index is 15.0. The zero-order valence-electron chi connectivity index (χ0n) is 28.8. The van der Waals surface area contributed by atoms with Gasteiger partial charge >= 0.3 is 0 Å². The minimum absolute atomic E-state index is 0.168. The Balaban J connectivity index is 0.000000221. The number of rotatable bonds is 10. The topological polar surface area (TPSA) is 26.0 Å². The van der Waals surface area contributed by atoms with Crippen molar-refractivity contribution in [2.45, 2.75) is 84.5 Å². The molecule has 1 fully saturated rings. The van der Waals surface area contributed by atoms with Crippen molar-refractivity contribution in [2.75, 3.05) is 5.73 Å². The first-order valence-electron chi connectivity index (χ1n) is 17.7. The lowest BCUT2D eigenvalue weighted by Crippen LogP contribution is -1.96. The van der Waals surface area contributed by atoms with E-state index < -0.39 is 11.6 Å². The van der Waals surface area contributed by atoms with Gasteiger partial charge in [-0.2, -0.15) is 0 Å². The predicted molar refractivity (Wildman–Crippen MR) is 196 cm³/mol. The summed E-state index contributed by atoms with van der Waals surface area (Å²) < 4.78 is 57.0. The number of anilines is 1. The normalized spacial score (nSPS) is 15.6. The molecule has 2 atom stereocenters. The molecule has 0 amide bonds. The minimum atomic E-state index is -0.593. The molecule has 1 nitrogen and oxygen atoms in total. The average Bonchev–Trinajstić information content (AvgIpc) is 3.58. The maximum Gasteiger partial charge on any atom is 0.146 e. The summed E-state index contributed by atoms with van der Waals surface area (Å²) in [6.45, 7) is 6.48. The fourth-order valence-corrected chi connectivity index (χ4v) is 7.04. The molecule has 6 rings (SSSR count). The second kappa shape index (κ2) is 16.8. The molecule has 2 N–H and O–H groups in total. The Labute approximate surface area is 289 Å². The van der Waals surface area contributed by atoms with Crippen LogP contribution < -0.4 is 5.73 Å². The number of nitrogens with two attached hydrogens (primary N) is 1. The van der Waals surface area contributed by atoms with E-state index in [1.54, 1.807) is 12.1 Å². The molecule has 49 heavy (non-hydrogen) atoms. The number of nitrogen functional groups attached to an aromatic ring is 1. The number of aryl methyl sites for hydroxylation is 2. The summed E-state index contributed by atoms with van der Waals surface area (Å²) in [4.78, 5) is 0. The van der Waals surface area contributed by atoms with Crippen LogP contribution in [0.5, 0.6) is 0 Å². The van der Waals surface area contributed by atoms with E-state index in [9.17, 15) is 17.6 Å². The summed E-state index contributed by atoms with van der Waals surface area (Å²) in [6, 6.07) is 28.2. The van der Waals surface area contributed by atoms with E-state index in [0.29, 0.717) is 28.2 Å². The molecule has 0 aromatic heterocycles. The maximum absolute atomic E-state index is 15.0. The summed E-state index contributed by atoms with van der Waals surface area (Å²) in [5, 5.41) is 0. The van der Waals surface area contributed by atoms with Crippen LogP contribution in [0.3, 0.4) is 0 Å². The Morgan fingerprint density at radius 2 is 0.959 bits per heavy atom. The van der Waals surface area contributed by atoms with Gasteiger partial charge in [0, 0.05) is 22.8 Å². The van der Waals surface area contributed by atoms with Crippen LogP contribution in [-0.4, -0.2) is 0 Å². The smallest absolute Gasteiger partial charge is 0.146 e.